The minimum Gasteiger partial charge on any atom is -0.396 e. The highest BCUT2D eigenvalue weighted by Crippen LogP contribution is 2.25. The van der Waals surface area contributed by atoms with E-state index < -0.39 is 0 Å². The molecule has 3 aromatic rings. The summed E-state index contributed by atoms with van der Waals surface area (Å²) in [5.74, 6) is 0.702. The highest BCUT2D eigenvalue weighted by Gasteiger charge is 2.18. The van der Waals surface area contributed by atoms with Gasteiger partial charge < -0.3 is 5.11 Å². The molecule has 3 rings (SSSR count). The van der Waals surface area contributed by atoms with Gasteiger partial charge in [0.2, 0.25) is 0 Å². The van der Waals surface area contributed by atoms with Crippen LogP contribution in [0.4, 0.5) is 0 Å². The molecule has 2 aromatic carbocycles. The molecule has 0 spiro atoms. The molecule has 0 aliphatic carbocycles. The summed E-state index contributed by atoms with van der Waals surface area (Å²) in [6, 6.07) is 20.0. The van der Waals surface area contributed by atoms with Crippen LogP contribution in [0.1, 0.15) is 29.4 Å². The number of hydrogen-bond acceptors (Lipinski definition) is 4. The lowest BCUT2D eigenvalue weighted by Gasteiger charge is -2.28. The van der Waals surface area contributed by atoms with Gasteiger partial charge in [0.15, 0.2) is 5.82 Å². The molecule has 0 aliphatic rings. The summed E-state index contributed by atoms with van der Waals surface area (Å²) in [5.41, 5.74) is 4.02. The van der Waals surface area contributed by atoms with Gasteiger partial charge in [-0.15, -0.1) is 0 Å². The molecule has 0 radical (unpaired) electrons. The van der Waals surface area contributed by atoms with Gasteiger partial charge in [-0.25, -0.2) is 9.97 Å². The van der Waals surface area contributed by atoms with E-state index >= 15 is 0 Å². The van der Waals surface area contributed by atoms with Crippen LogP contribution in [-0.4, -0.2) is 33.6 Å². The number of aryl methyl sites for hydroxylation is 1. The van der Waals surface area contributed by atoms with Gasteiger partial charge in [-0.3, -0.25) is 4.90 Å². The van der Waals surface area contributed by atoms with Gasteiger partial charge in [0.05, 0.1) is 5.69 Å². The zero-order valence-electron chi connectivity index (χ0n) is 15.6. The maximum atomic E-state index is 9.51. The predicted octanol–water partition coefficient (Wildman–Crippen LogP) is 4.66. The highest BCUT2D eigenvalue weighted by atomic mass is 35.5. The lowest BCUT2D eigenvalue weighted by Crippen LogP contribution is -2.25. The summed E-state index contributed by atoms with van der Waals surface area (Å²) < 4.78 is 0. The normalized spacial score (nSPS) is 12.3. The van der Waals surface area contributed by atoms with Crippen molar-refractivity contribution in [1.29, 1.82) is 0 Å². The Kier molecular flexibility index (Phi) is 6.56. The molecule has 0 amide bonds. The second kappa shape index (κ2) is 9.09. The Bertz CT molecular complexity index is 868. The smallest absolute Gasteiger partial charge is 0.159 e. The Balaban J connectivity index is 1.84. The SMILES string of the molecule is Cc1cc(CN(C)C(CCO)c2ccccc2)nc(-c2ccc(Cl)cc2)n1. The summed E-state index contributed by atoms with van der Waals surface area (Å²) in [6.07, 6.45) is 0.675. The number of nitrogens with zero attached hydrogens (tertiary/aromatic N) is 3. The Morgan fingerprint density at radius 3 is 2.41 bits per heavy atom. The summed E-state index contributed by atoms with van der Waals surface area (Å²) in [5, 5.41) is 10.2. The van der Waals surface area contributed by atoms with Crippen molar-refractivity contribution >= 4 is 11.6 Å². The van der Waals surface area contributed by atoms with E-state index in [1.165, 1.54) is 5.56 Å². The van der Waals surface area contributed by atoms with Crippen LogP contribution in [0.25, 0.3) is 11.4 Å². The molecule has 140 valence electrons. The minimum atomic E-state index is 0.130. The Hall–Kier alpha value is -2.27. The third-order valence-electron chi connectivity index (χ3n) is 4.54. The van der Waals surface area contributed by atoms with Crippen molar-refractivity contribution in [2.75, 3.05) is 13.7 Å². The first-order valence-corrected chi connectivity index (χ1v) is 9.41. The van der Waals surface area contributed by atoms with E-state index in [1.807, 2.05) is 55.5 Å². The molecule has 0 fully saturated rings. The first kappa shape index (κ1) is 19.5. The monoisotopic (exact) mass is 381 g/mol. The molecule has 1 N–H and O–H groups in total. The fraction of sp³-hybridized carbons (Fsp3) is 0.273. The number of aliphatic hydroxyl groups is 1. The maximum absolute atomic E-state index is 9.51. The summed E-state index contributed by atoms with van der Waals surface area (Å²) >= 11 is 5.99. The number of aliphatic hydroxyl groups excluding tert-OH is 1. The van der Waals surface area contributed by atoms with Crippen molar-refractivity contribution in [1.82, 2.24) is 14.9 Å². The van der Waals surface area contributed by atoms with Gasteiger partial charge in [0.1, 0.15) is 0 Å². The van der Waals surface area contributed by atoms with Gasteiger partial charge >= 0.3 is 0 Å². The van der Waals surface area contributed by atoms with Crippen molar-refractivity contribution < 1.29 is 5.11 Å². The number of hydrogen-bond donors (Lipinski definition) is 1. The molecule has 1 aromatic heterocycles. The lowest BCUT2D eigenvalue weighted by molar-refractivity contribution is 0.178. The zero-order valence-corrected chi connectivity index (χ0v) is 16.4. The highest BCUT2D eigenvalue weighted by molar-refractivity contribution is 6.30. The third-order valence-corrected chi connectivity index (χ3v) is 4.79. The molecule has 4 nitrogen and oxygen atoms in total. The Morgan fingerprint density at radius 1 is 1.04 bits per heavy atom. The van der Waals surface area contributed by atoms with Gasteiger partial charge in [0.25, 0.3) is 0 Å². The van der Waals surface area contributed by atoms with Gasteiger partial charge in [0, 0.05) is 35.5 Å². The van der Waals surface area contributed by atoms with Crippen molar-refractivity contribution in [3.63, 3.8) is 0 Å². The number of halogens is 1. The number of aromatic nitrogens is 2. The molecule has 0 aliphatic heterocycles. The van der Waals surface area contributed by atoms with Crippen LogP contribution < -0.4 is 0 Å². The Labute approximate surface area is 165 Å². The van der Waals surface area contributed by atoms with Crippen molar-refractivity contribution in [3.05, 3.63) is 82.6 Å². The molecule has 0 bridgehead atoms. The molecule has 27 heavy (non-hydrogen) atoms. The summed E-state index contributed by atoms with van der Waals surface area (Å²) in [7, 11) is 2.06. The van der Waals surface area contributed by atoms with E-state index in [2.05, 4.69) is 29.1 Å². The van der Waals surface area contributed by atoms with Crippen LogP contribution in [-0.2, 0) is 6.54 Å². The average Bonchev–Trinajstić information content (AvgIpc) is 2.66. The molecule has 0 saturated carbocycles. The van der Waals surface area contributed by atoms with E-state index in [4.69, 9.17) is 16.6 Å². The summed E-state index contributed by atoms with van der Waals surface area (Å²) in [6.45, 7) is 2.79. The summed E-state index contributed by atoms with van der Waals surface area (Å²) in [4.78, 5) is 11.5. The Morgan fingerprint density at radius 2 is 1.74 bits per heavy atom. The van der Waals surface area contributed by atoms with Crippen LogP contribution in [0, 0.1) is 6.92 Å². The molecule has 5 heteroatoms. The fourth-order valence-electron chi connectivity index (χ4n) is 3.25. The van der Waals surface area contributed by atoms with Crippen molar-refractivity contribution in [2.24, 2.45) is 0 Å². The van der Waals surface area contributed by atoms with Crippen LogP contribution in [0.15, 0.2) is 60.7 Å². The predicted molar refractivity (Wildman–Crippen MR) is 110 cm³/mol. The first-order chi connectivity index (χ1) is 13.1. The topological polar surface area (TPSA) is 49.2 Å². The second-order valence-corrected chi connectivity index (χ2v) is 7.12. The molecule has 1 atom stereocenters. The largest absolute Gasteiger partial charge is 0.396 e. The van der Waals surface area contributed by atoms with Crippen LogP contribution in [0.5, 0.6) is 0 Å². The molecule has 1 unspecified atom stereocenters. The lowest BCUT2D eigenvalue weighted by atomic mass is 10.0. The standard InChI is InChI=1S/C22H24ClN3O/c1-16-14-20(25-22(24-16)18-8-10-19(23)11-9-18)15-26(2)21(12-13-27)17-6-4-3-5-7-17/h3-11,14,21,27H,12-13,15H2,1-2H3. The molecule has 0 saturated heterocycles. The second-order valence-electron chi connectivity index (χ2n) is 6.69. The van der Waals surface area contributed by atoms with E-state index in [0.717, 1.165) is 17.0 Å². The fourth-order valence-corrected chi connectivity index (χ4v) is 3.37. The molecule has 1 heterocycles. The van der Waals surface area contributed by atoms with Crippen molar-refractivity contribution in [2.45, 2.75) is 25.9 Å². The van der Waals surface area contributed by atoms with Crippen LogP contribution >= 0.6 is 11.6 Å². The number of benzene rings is 2. The van der Waals surface area contributed by atoms with Gasteiger partial charge in [-0.2, -0.15) is 0 Å². The third kappa shape index (κ3) is 5.13. The van der Waals surface area contributed by atoms with E-state index in [0.29, 0.717) is 23.8 Å². The quantitative estimate of drug-likeness (QED) is 0.646. The van der Waals surface area contributed by atoms with Crippen LogP contribution in [0.2, 0.25) is 5.02 Å². The number of rotatable bonds is 7. The molecular formula is C22H24ClN3O. The van der Waals surface area contributed by atoms with E-state index in [9.17, 15) is 5.11 Å². The molecular weight excluding hydrogens is 358 g/mol. The van der Waals surface area contributed by atoms with Crippen molar-refractivity contribution in [3.8, 4) is 11.4 Å². The van der Waals surface area contributed by atoms with Crippen LogP contribution in [0.3, 0.4) is 0 Å². The van der Waals surface area contributed by atoms with Gasteiger partial charge in [-0.1, -0.05) is 41.9 Å². The zero-order chi connectivity index (χ0) is 19.2. The first-order valence-electron chi connectivity index (χ1n) is 9.03. The van der Waals surface area contributed by atoms with E-state index in [-0.39, 0.29) is 12.6 Å². The van der Waals surface area contributed by atoms with E-state index in [1.54, 1.807) is 0 Å². The van der Waals surface area contributed by atoms with Gasteiger partial charge in [-0.05, 0) is 56.3 Å². The maximum Gasteiger partial charge on any atom is 0.159 e. The minimum absolute atomic E-state index is 0.130. The average molecular weight is 382 g/mol.